The van der Waals surface area contributed by atoms with Crippen molar-refractivity contribution >= 4 is 12.0 Å². The van der Waals surface area contributed by atoms with Gasteiger partial charge in [0.2, 0.25) is 6.10 Å². The average molecular weight is 447 g/mol. The smallest absolute Gasteiger partial charge is 0.417 e. The van der Waals surface area contributed by atoms with Crippen molar-refractivity contribution < 1.29 is 29.3 Å². The Morgan fingerprint density at radius 3 is 2.39 bits per heavy atom. The molecule has 7 heteroatoms. The molecule has 0 unspecified atom stereocenters. The highest BCUT2D eigenvalue weighted by Gasteiger charge is 2.44. The van der Waals surface area contributed by atoms with Crippen molar-refractivity contribution in [1.82, 2.24) is 4.90 Å². The maximum Gasteiger partial charge on any atom is 0.417 e. The van der Waals surface area contributed by atoms with Crippen LogP contribution in [0.4, 0.5) is 4.79 Å². The largest absolute Gasteiger partial charge is 0.508 e. The first-order valence-electron chi connectivity index (χ1n) is 10.7. The molecule has 0 radical (unpaired) electrons. The SMILES string of the molecule is Cc1ccc(O[C@H](C(=O)N2C(=O)OC[C@@H]2Cc2ccccc2)[C@H](O)c2ccc(O)cc2)cc1. The molecule has 3 atom stereocenters. The van der Waals surface area contributed by atoms with E-state index in [-0.39, 0.29) is 12.4 Å². The van der Waals surface area contributed by atoms with Gasteiger partial charge in [-0.3, -0.25) is 4.79 Å². The first-order chi connectivity index (χ1) is 15.9. The van der Waals surface area contributed by atoms with E-state index in [1.54, 1.807) is 12.1 Å². The number of aromatic hydroxyl groups is 1. The van der Waals surface area contributed by atoms with Crippen LogP contribution in [0.2, 0.25) is 0 Å². The Morgan fingerprint density at radius 2 is 1.73 bits per heavy atom. The van der Waals surface area contributed by atoms with Crippen LogP contribution in [-0.2, 0) is 16.0 Å². The molecule has 2 amide bonds. The summed E-state index contributed by atoms with van der Waals surface area (Å²) in [5.74, 6) is -0.289. The number of carbonyl (C=O) groups is 2. The quantitative estimate of drug-likeness (QED) is 0.572. The second-order valence-electron chi connectivity index (χ2n) is 8.02. The number of hydrogen-bond acceptors (Lipinski definition) is 6. The van der Waals surface area contributed by atoms with Gasteiger partial charge < -0.3 is 19.7 Å². The third-order valence-electron chi connectivity index (χ3n) is 5.56. The molecule has 4 rings (SSSR count). The highest BCUT2D eigenvalue weighted by molar-refractivity contribution is 5.96. The Hall–Kier alpha value is -3.84. The van der Waals surface area contributed by atoms with E-state index >= 15 is 0 Å². The van der Waals surface area contributed by atoms with Crippen LogP contribution in [0.25, 0.3) is 0 Å². The zero-order valence-electron chi connectivity index (χ0n) is 18.1. The highest BCUT2D eigenvalue weighted by atomic mass is 16.6. The number of carbonyl (C=O) groups excluding carboxylic acids is 2. The molecule has 7 nitrogen and oxygen atoms in total. The van der Waals surface area contributed by atoms with Crippen molar-refractivity contribution in [2.75, 3.05) is 6.61 Å². The molecule has 0 aliphatic carbocycles. The molecule has 33 heavy (non-hydrogen) atoms. The van der Waals surface area contributed by atoms with E-state index < -0.39 is 30.3 Å². The number of cyclic esters (lactones) is 1. The van der Waals surface area contributed by atoms with Gasteiger partial charge in [-0.25, -0.2) is 9.69 Å². The fraction of sp³-hybridized carbons (Fsp3) is 0.231. The minimum absolute atomic E-state index is 0.0272. The number of rotatable bonds is 7. The normalized spacial score (nSPS) is 17.3. The summed E-state index contributed by atoms with van der Waals surface area (Å²) < 4.78 is 11.1. The van der Waals surface area contributed by atoms with Gasteiger partial charge >= 0.3 is 6.09 Å². The molecule has 1 fully saturated rings. The predicted octanol–water partition coefficient (Wildman–Crippen LogP) is 3.77. The van der Waals surface area contributed by atoms with E-state index in [4.69, 9.17) is 9.47 Å². The maximum atomic E-state index is 13.6. The number of nitrogens with zero attached hydrogens (tertiary/aromatic N) is 1. The molecule has 0 saturated carbocycles. The van der Waals surface area contributed by atoms with Gasteiger partial charge in [-0.1, -0.05) is 60.2 Å². The monoisotopic (exact) mass is 447 g/mol. The van der Waals surface area contributed by atoms with E-state index in [9.17, 15) is 19.8 Å². The Morgan fingerprint density at radius 1 is 1.06 bits per heavy atom. The molecular formula is C26H25NO6. The minimum atomic E-state index is -1.40. The van der Waals surface area contributed by atoms with Gasteiger partial charge in [0.05, 0.1) is 6.04 Å². The second-order valence-corrected chi connectivity index (χ2v) is 8.02. The summed E-state index contributed by atoms with van der Waals surface area (Å²) in [5, 5.41) is 20.7. The molecule has 2 N–H and O–H groups in total. The molecule has 0 spiro atoms. The van der Waals surface area contributed by atoms with Crippen LogP contribution in [0.15, 0.2) is 78.9 Å². The van der Waals surface area contributed by atoms with Crippen molar-refractivity contribution in [1.29, 1.82) is 0 Å². The van der Waals surface area contributed by atoms with Crippen LogP contribution in [0.1, 0.15) is 22.8 Å². The number of phenolic OH excluding ortho intramolecular Hbond substituents is 1. The maximum absolute atomic E-state index is 13.6. The number of aryl methyl sites for hydroxylation is 1. The van der Waals surface area contributed by atoms with Crippen LogP contribution in [-0.4, -0.2) is 45.9 Å². The van der Waals surface area contributed by atoms with E-state index in [0.29, 0.717) is 17.7 Å². The Balaban J connectivity index is 1.63. The van der Waals surface area contributed by atoms with Gasteiger partial charge in [-0.2, -0.15) is 0 Å². The number of benzene rings is 3. The van der Waals surface area contributed by atoms with Crippen molar-refractivity contribution in [2.24, 2.45) is 0 Å². The fourth-order valence-electron chi connectivity index (χ4n) is 3.76. The summed E-state index contributed by atoms with van der Waals surface area (Å²) >= 11 is 0. The van der Waals surface area contributed by atoms with E-state index in [1.165, 1.54) is 24.3 Å². The van der Waals surface area contributed by atoms with Crippen molar-refractivity contribution in [2.45, 2.75) is 31.6 Å². The van der Waals surface area contributed by atoms with Crippen LogP contribution in [0, 0.1) is 6.92 Å². The van der Waals surface area contributed by atoms with Crippen molar-refractivity contribution in [3.05, 3.63) is 95.6 Å². The molecule has 0 bridgehead atoms. The molecule has 3 aromatic rings. The minimum Gasteiger partial charge on any atom is -0.508 e. The van der Waals surface area contributed by atoms with E-state index in [1.807, 2.05) is 49.4 Å². The second kappa shape index (κ2) is 9.75. The molecule has 3 aromatic carbocycles. The third kappa shape index (κ3) is 5.15. The number of phenols is 1. The number of imide groups is 1. The standard InChI is InChI=1S/C26H25NO6/c1-17-7-13-22(14-8-17)33-24(23(29)19-9-11-21(28)12-10-19)25(30)27-20(16-32-26(27)31)15-18-5-3-2-4-6-18/h2-14,20,23-24,28-29H,15-16H2,1H3/t20-,23+,24-/m0/s1. The average Bonchev–Trinajstić information content (AvgIpc) is 3.18. The van der Waals surface area contributed by atoms with Crippen molar-refractivity contribution in [3.63, 3.8) is 0 Å². The number of aliphatic hydroxyl groups is 1. The number of ether oxygens (including phenoxy) is 2. The number of aliphatic hydroxyl groups excluding tert-OH is 1. The Bertz CT molecular complexity index is 1100. The third-order valence-corrected chi connectivity index (χ3v) is 5.56. The first-order valence-corrected chi connectivity index (χ1v) is 10.7. The van der Waals surface area contributed by atoms with Gasteiger partial charge in [-0.15, -0.1) is 0 Å². The molecule has 1 saturated heterocycles. The van der Waals surface area contributed by atoms with Gasteiger partial charge in [0, 0.05) is 0 Å². The lowest BCUT2D eigenvalue weighted by atomic mass is 10.0. The van der Waals surface area contributed by atoms with Crippen LogP contribution < -0.4 is 4.74 Å². The Kier molecular flexibility index (Phi) is 6.60. The number of amides is 2. The lowest BCUT2D eigenvalue weighted by Crippen LogP contribution is -2.49. The number of hydrogen-bond donors (Lipinski definition) is 2. The summed E-state index contributed by atoms with van der Waals surface area (Å²) in [4.78, 5) is 27.2. The summed E-state index contributed by atoms with van der Waals surface area (Å²) in [6.45, 7) is 1.98. The summed E-state index contributed by atoms with van der Waals surface area (Å²) in [6.07, 6.45) is -3.13. The zero-order chi connectivity index (χ0) is 23.4. The lowest BCUT2D eigenvalue weighted by Gasteiger charge is -2.28. The van der Waals surface area contributed by atoms with E-state index in [0.717, 1.165) is 16.0 Å². The molecule has 170 valence electrons. The van der Waals surface area contributed by atoms with Crippen LogP contribution >= 0.6 is 0 Å². The molecular weight excluding hydrogens is 422 g/mol. The summed E-state index contributed by atoms with van der Waals surface area (Å²) in [6, 6.07) is 21.8. The summed E-state index contributed by atoms with van der Waals surface area (Å²) in [7, 11) is 0. The topological polar surface area (TPSA) is 96.3 Å². The summed E-state index contributed by atoms with van der Waals surface area (Å²) in [5.41, 5.74) is 2.33. The van der Waals surface area contributed by atoms with E-state index in [2.05, 4.69) is 0 Å². The fourth-order valence-corrected chi connectivity index (χ4v) is 3.76. The zero-order valence-corrected chi connectivity index (χ0v) is 18.1. The van der Waals surface area contributed by atoms with Gasteiger partial charge in [0.25, 0.3) is 5.91 Å². The molecule has 1 heterocycles. The lowest BCUT2D eigenvalue weighted by molar-refractivity contribution is -0.142. The molecule has 1 aliphatic rings. The van der Waals surface area contributed by atoms with Gasteiger partial charge in [0.1, 0.15) is 24.2 Å². The Labute approximate surface area is 191 Å². The van der Waals surface area contributed by atoms with Crippen molar-refractivity contribution in [3.8, 4) is 11.5 Å². The van der Waals surface area contributed by atoms with Gasteiger partial charge in [-0.05, 0) is 48.7 Å². The van der Waals surface area contributed by atoms with Crippen LogP contribution in [0.5, 0.6) is 11.5 Å². The van der Waals surface area contributed by atoms with Gasteiger partial charge in [0.15, 0.2) is 0 Å². The first kappa shape index (κ1) is 22.4. The van der Waals surface area contributed by atoms with Crippen LogP contribution in [0.3, 0.4) is 0 Å². The molecule has 1 aliphatic heterocycles. The molecule has 0 aromatic heterocycles. The predicted molar refractivity (Wildman–Crippen MR) is 121 cm³/mol. The highest BCUT2D eigenvalue weighted by Crippen LogP contribution is 2.28.